The predicted molar refractivity (Wildman–Crippen MR) is 68.4 cm³/mol. The smallest absolute Gasteiger partial charge is 0.307 e. The molecule has 1 heterocycles. The molecule has 0 bridgehead atoms. The zero-order valence-corrected chi connectivity index (χ0v) is 10.8. The molecule has 0 amide bonds. The van der Waals surface area contributed by atoms with Crippen LogP contribution in [0, 0.1) is 5.92 Å². The average Bonchev–Trinajstić information content (AvgIpc) is 2.27. The molecule has 0 aromatic rings. The molecule has 0 spiro atoms. The summed E-state index contributed by atoms with van der Waals surface area (Å²) in [6, 6.07) is 0.862. The number of aliphatic carboxylic acids is 1. The van der Waals surface area contributed by atoms with Crippen LogP contribution in [0.3, 0.4) is 0 Å². The number of hydrogen-bond acceptors (Lipinski definition) is 4. The van der Waals surface area contributed by atoms with Crippen LogP contribution in [0.25, 0.3) is 0 Å². The Morgan fingerprint density at radius 1 is 1.33 bits per heavy atom. The molecular formula is C13H24N2O3. The molecule has 2 unspecified atom stereocenters. The summed E-state index contributed by atoms with van der Waals surface area (Å²) in [5, 5.41) is 21.4. The van der Waals surface area contributed by atoms with Gasteiger partial charge in [0, 0.05) is 31.8 Å². The van der Waals surface area contributed by atoms with Crippen LogP contribution in [-0.4, -0.2) is 59.4 Å². The van der Waals surface area contributed by atoms with E-state index < -0.39 is 5.97 Å². The van der Waals surface area contributed by atoms with Gasteiger partial charge in [-0.3, -0.25) is 9.69 Å². The second-order valence-corrected chi connectivity index (χ2v) is 5.54. The van der Waals surface area contributed by atoms with E-state index in [1.54, 1.807) is 0 Å². The van der Waals surface area contributed by atoms with Crippen LogP contribution in [0.1, 0.15) is 32.1 Å². The minimum atomic E-state index is -0.673. The highest BCUT2D eigenvalue weighted by atomic mass is 16.4. The van der Waals surface area contributed by atoms with Crippen molar-refractivity contribution in [3.8, 4) is 0 Å². The van der Waals surface area contributed by atoms with Gasteiger partial charge in [-0.05, 0) is 32.2 Å². The summed E-state index contributed by atoms with van der Waals surface area (Å²) < 4.78 is 0. The van der Waals surface area contributed by atoms with E-state index in [9.17, 15) is 9.90 Å². The third kappa shape index (κ3) is 3.43. The number of aliphatic hydroxyl groups is 1. The molecule has 1 aliphatic heterocycles. The fourth-order valence-electron chi connectivity index (χ4n) is 2.90. The molecule has 1 saturated carbocycles. The topological polar surface area (TPSA) is 72.8 Å². The molecule has 5 heteroatoms. The van der Waals surface area contributed by atoms with Crippen molar-refractivity contribution in [3.63, 3.8) is 0 Å². The highest BCUT2D eigenvalue weighted by Gasteiger charge is 2.36. The van der Waals surface area contributed by atoms with E-state index in [4.69, 9.17) is 5.11 Å². The second-order valence-electron chi connectivity index (χ2n) is 5.54. The third-order valence-corrected chi connectivity index (χ3v) is 4.19. The number of aliphatic hydroxyl groups excluding tert-OH is 1. The SMILES string of the molecule is O=C(O)C1CC(NCCCO)CN(C2CCC2)C1. The lowest BCUT2D eigenvalue weighted by atomic mass is 9.86. The summed E-state index contributed by atoms with van der Waals surface area (Å²) in [6.45, 7) is 2.62. The first-order valence-electron chi connectivity index (χ1n) is 7.02. The van der Waals surface area contributed by atoms with Crippen LogP contribution in [0.4, 0.5) is 0 Å². The molecule has 104 valence electrons. The Labute approximate surface area is 108 Å². The van der Waals surface area contributed by atoms with Crippen molar-refractivity contribution in [2.45, 2.75) is 44.2 Å². The third-order valence-electron chi connectivity index (χ3n) is 4.19. The van der Waals surface area contributed by atoms with Gasteiger partial charge in [0.1, 0.15) is 0 Å². The van der Waals surface area contributed by atoms with E-state index in [0.717, 1.165) is 19.5 Å². The van der Waals surface area contributed by atoms with Gasteiger partial charge in [-0.25, -0.2) is 0 Å². The molecule has 0 aromatic heterocycles. The Morgan fingerprint density at radius 2 is 2.11 bits per heavy atom. The minimum absolute atomic E-state index is 0.189. The lowest BCUT2D eigenvalue weighted by Gasteiger charge is -2.44. The number of likely N-dealkylation sites (tertiary alicyclic amines) is 1. The quantitative estimate of drug-likeness (QED) is 0.596. The molecule has 18 heavy (non-hydrogen) atoms. The number of nitrogens with zero attached hydrogens (tertiary/aromatic N) is 1. The van der Waals surface area contributed by atoms with Gasteiger partial charge >= 0.3 is 5.97 Å². The number of piperidine rings is 1. The van der Waals surface area contributed by atoms with Gasteiger partial charge in [-0.15, -0.1) is 0 Å². The van der Waals surface area contributed by atoms with Crippen LogP contribution < -0.4 is 5.32 Å². The molecular weight excluding hydrogens is 232 g/mol. The minimum Gasteiger partial charge on any atom is -0.481 e. The maximum atomic E-state index is 11.2. The summed E-state index contributed by atoms with van der Waals surface area (Å²) in [5.41, 5.74) is 0. The summed E-state index contributed by atoms with van der Waals surface area (Å²) in [7, 11) is 0. The Kier molecular flexibility index (Phi) is 4.97. The van der Waals surface area contributed by atoms with Crippen molar-refractivity contribution >= 4 is 5.97 Å². The molecule has 1 aliphatic carbocycles. The monoisotopic (exact) mass is 256 g/mol. The Bertz CT molecular complexity index is 281. The zero-order valence-electron chi connectivity index (χ0n) is 10.8. The molecule has 2 rings (SSSR count). The fraction of sp³-hybridized carbons (Fsp3) is 0.923. The van der Waals surface area contributed by atoms with Gasteiger partial charge in [-0.1, -0.05) is 6.42 Å². The summed E-state index contributed by atoms with van der Waals surface area (Å²) in [6.07, 6.45) is 5.16. The summed E-state index contributed by atoms with van der Waals surface area (Å²) >= 11 is 0. The van der Waals surface area contributed by atoms with Gasteiger partial charge in [0.2, 0.25) is 0 Å². The molecule has 2 aliphatic rings. The van der Waals surface area contributed by atoms with Crippen molar-refractivity contribution in [1.29, 1.82) is 0 Å². The van der Waals surface area contributed by atoms with Crippen LogP contribution >= 0.6 is 0 Å². The van der Waals surface area contributed by atoms with Crippen LogP contribution in [0.2, 0.25) is 0 Å². The van der Waals surface area contributed by atoms with Crippen LogP contribution in [0.15, 0.2) is 0 Å². The van der Waals surface area contributed by atoms with E-state index >= 15 is 0 Å². The van der Waals surface area contributed by atoms with Crippen molar-refractivity contribution in [3.05, 3.63) is 0 Å². The molecule has 5 nitrogen and oxygen atoms in total. The Balaban J connectivity index is 1.86. The Morgan fingerprint density at radius 3 is 2.67 bits per heavy atom. The number of carboxylic acid groups (broad SMARTS) is 1. The number of carbonyl (C=O) groups is 1. The van der Waals surface area contributed by atoms with Crippen molar-refractivity contribution < 1.29 is 15.0 Å². The zero-order chi connectivity index (χ0) is 13.0. The van der Waals surface area contributed by atoms with Crippen molar-refractivity contribution in [1.82, 2.24) is 10.2 Å². The lowest BCUT2D eigenvalue weighted by Crippen LogP contribution is -2.55. The van der Waals surface area contributed by atoms with E-state index in [2.05, 4.69) is 10.2 Å². The number of nitrogens with one attached hydrogen (secondary N) is 1. The van der Waals surface area contributed by atoms with Crippen LogP contribution in [-0.2, 0) is 4.79 Å². The second kappa shape index (κ2) is 6.50. The molecule has 0 aromatic carbocycles. The molecule has 1 saturated heterocycles. The fourth-order valence-corrected chi connectivity index (χ4v) is 2.90. The van der Waals surface area contributed by atoms with Gasteiger partial charge in [-0.2, -0.15) is 0 Å². The van der Waals surface area contributed by atoms with Gasteiger partial charge in [0.05, 0.1) is 5.92 Å². The Hall–Kier alpha value is -0.650. The number of rotatable bonds is 6. The van der Waals surface area contributed by atoms with Crippen molar-refractivity contribution in [2.24, 2.45) is 5.92 Å². The van der Waals surface area contributed by atoms with Gasteiger partial charge in [0.15, 0.2) is 0 Å². The first-order valence-corrected chi connectivity index (χ1v) is 7.02. The first kappa shape index (κ1) is 13.8. The molecule has 2 atom stereocenters. The average molecular weight is 256 g/mol. The number of hydrogen-bond donors (Lipinski definition) is 3. The van der Waals surface area contributed by atoms with Gasteiger partial charge in [0.25, 0.3) is 0 Å². The molecule has 0 radical (unpaired) electrons. The summed E-state index contributed by atoms with van der Waals surface area (Å²) in [4.78, 5) is 13.6. The van der Waals surface area contributed by atoms with E-state index in [1.807, 2.05) is 0 Å². The first-order chi connectivity index (χ1) is 8.70. The maximum absolute atomic E-state index is 11.2. The predicted octanol–water partition coefficient (Wildman–Crippen LogP) is 0.286. The highest BCUT2D eigenvalue weighted by molar-refractivity contribution is 5.70. The maximum Gasteiger partial charge on any atom is 0.307 e. The lowest BCUT2D eigenvalue weighted by molar-refractivity contribution is -0.144. The standard InChI is InChI=1S/C13H24N2O3/c16-6-2-5-14-11-7-10(13(17)18)8-15(9-11)12-3-1-4-12/h10-12,14,16H,1-9H2,(H,17,18). The van der Waals surface area contributed by atoms with E-state index in [-0.39, 0.29) is 18.6 Å². The van der Waals surface area contributed by atoms with Gasteiger partial charge < -0.3 is 15.5 Å². The molecule has 3 N–H and O–H groups in total. The van der Waals surface area contributed by atoms with Crippen LogP contribution in [0.5, 0.6) is 0 Å². The van der Waals surface area contributed by atoms with Crippen molar-refractivity contribution in [2.75, 3.05) is 26.2 Å². The largest absolute Gasteiger partial charge is 0.481 e. The normalized spacial score (nSPS) is 30.1. The number of carboxylic acids is 1. The highest BCUT2D eigenvalue weighted by Crippen LogP contribution is 2.29. The molecule has 2 fully saturated rings. The van der Waals surface area contributed by atoms with E-state index in [1.165, 1.54) is 19.3 Å². The van der Waals surface area contributed by atoms with E-state index in [0.29, 0.717) is 19.0 Å². The summed E-state index contributed by atoms with van der Waals surface area (Å²) in [5.74, 6) is -0.918.